The molecule has 0 aliphatic heterocycles. The fraction of sp³-hybridized carbons (Fsp3) is 0.357. The Bertz CT molecular complexity index is 693. The number of hydrogen-bond acceptors (Lipinski definition) is 3. The standard InChI is InChI=1S/C14H16FNO4S/c1-14(7-2-8-14)16-21(19,20)12-5-3-10(9-11(12)15)4-6-13(17)18/h3-6,9,16H,2,7-8H2,1H3,(H,17,18)/b6-4+. The van der Waals surface area contributed by atoms with Crippen molar-refractivity contribution < 1.29 is 22.7 Å². The lowest BCUT2D eigenvalue weighted by molar-refractivity contribution is -0.131. The van der Waals surface area contributed by atoms with E-state index in [4.69, 9.17) is 5.11 Å². The molecule has 0 aromatic heterocycles. The van der Waals surface area contributed by atoms with Gasteiger partial charge in [0.2, 0.25) is 10.0 Å². The number of carboxylic acids is 1. The fourth-order valence-electron chi connectivity index (χ4n) is 2.19. The van der Waals surface area contributed by atoms with Crippen LogP contribution in [-0.4, -0.2) is 25.0 Å². The first-order valence-electron chi connectivity index (χ1n) is 6.46. The first kappa shape index (κ1) is 15.7. The molecule has 114 valence electrons. The second kappa shape index (κ2) is 5.57. The van der Waals surface area contributed by atoms with Crippen LogP contribution in [0.4, 0.5) is 4.39 Å². The zero-order chi connectivity index (χ0) is 15.7. The van der Waals surface area contributed by atoms with E-state index in [-0.39, 0.29) is 5.56 Å². The monoisotopic (exact) mass is 313 g/mol. The Hall–Kier alpha value is -1.73. The molecule has 0 unspecified atom stereocenters. The summed E-state index contributed by atoms with van der Waals surface area (Å²) in [6.07, 6.45) is 4.46. The van der Waals surface area contributed by atoms with Gasteiger partial charge in [-0.3, -0.25) is 0 Å². The molecule has 0 atom stereocenters. The summed E-state index contributed by atoms with van der Waals surface area (Å²) in [5, 5.41) is 8.50. The van der Waals surface area contributed by atoms with E-state index in [1.165, 1.54) is 12.1 Å². The van der Waals surface area contributed by atoms with Crippen molar-refractivity contribution in [2.45, 2.75) is 36.6 Å². The molecule has 0 spiro atoms. The summed E-state index contributed by atoms with van der Waals surface area (Å²) >= 11 is 0. The Morgan fingerprint density at radius 2 is 2.10 bits per heavy atom. The van der Waals surface area contributed by atoms with Crippen molar-refractivity contribution in [2.75, 3.05) is 0 Å². The largest absolute Gasteiger partial charge is 0.478 e. The van der Waals surface area contributed by atoms with Crippen molar-refractivity contribution in [3.8, 4) is 0 Å². The third-order valence-corrected chi connectivity index (χ3v) is 5.17. The zero-order valence-corrected chi connectivity index (χ0v) is 12.3. The van der Waals surface area contributed by atoms with Crippen molar-refractivity contribution in [3.05, 3.63) is 35.7 Å². The van der Waals surface area contributed by atoms with Crippen LogP contribution in [0, 0.1) is 5.82 Å². The normalized spacial score (nSPS) is 17.6. The first-order valence-corrected chi connectivity index (χ1v) is 7.95. The summed E-state index contributed by atoms with van der Waals surface area (Å²) in [4.78, 5) is 9.97. The molecule has 5 nitrogen and oxygen atoms in total. The number of sulfonamides is 1. The van der Waals surface area contributed by atoms with E-state index < -0.39 is 32.2 Å². The average molecular weight is 313 g/mol. The van der Waals surface area contributed by atoms with Crippen LogP contribution in [0.25, 0.3) is 6.08 Å². The Morgan fingerprint density at radius 3 is 2.57 bits per heavy atom. The molecule has 0 saturated heterocycles. The van der Waals surface area contributed by atoms with Crippen molar-refractivity contribution in [3.63, 3.8) is 0 Å². The van der Waals surface area contributed by atoms with E-state index in [1.807, 2.05) is 0 Å². The molecule has 21 heavy (non-hydrogen) atoms. The highest BCUT2D eigenvalue weighted by molar-refractivity contribution is 7.89. The summed E-state index contributed by atoms with van der Waals surface area (Å²) in [6.45, 7) is 1.79. The van der Waals surface area contributed by atoms with Crippen molar-refractivity contribution >= 4 is 22.1 Å². The molecule has 0 bridgehead atoms. The maximum atomic E-state index is 14.0. The predicted molar refractivity (Wildman–Crippen MR) is 75.6 cm³/mol. The molecule has 1 fully saturated rings. The quantitative estimate of drug-likeness (QED) is 0.816. The van der Waals surface area contributed by atoms with Gasteiger partial charge in [0.05, 0.1) is 0 Å². The first-order chi connectivity index (χ1) is 9.72. The van der Waals surface area contributed by atoms with E-state index in [0.29, 0.717) is 0 Å². The molecule has 1 aliphatic rings. The lowest BCUT2D eigenvalue weighted by Gasteiger charge is -2.38. The van der Waals surface area contributed by atoms with Gasteiger partial charge < -0.3 is 5.11 Å². The second-order valence-corrected chi connectivity index (χ2v) is 7.03. The van der Waals surface area contributed by atoms with Gasteiger partial charge in [-0.25, -0.2) is 22.3 Å². The van der Waals surface area contributed by atoms with E-state index in [2.05, 4.69) is 4.72 Å². The van der Waals surface area contributed by atoms with Crippen LogP contribution >= 0.6 is 0 Å². The van der Waals surface area contributed by atoms with Crippen molar-refractivity contribution in [1.82, 2.24) is 4.72 Å². The zero-order valence-electron chi connectivity index (χ0n) is 11.5. The Labute approximate surface area is 122 Å². The smallest absolute Gasteiger partial charge is 0.328 e. The van der Waals surface area contributed by atoms with Gasteiger partial charge in [0.1, 0.15) is 10.7 Å². The van der Waals surface area contributed by atoms with Gasteiger partial charge in [-0.1, -0.05) is 6.07 Å². The summed E-state index contributed by atoms with van der Waals surface area (Å²) in [5.74, 6) is -2.07. The molecule has 1 aromatic carbocycles. The van der Waals surface area contributed by atoms with E-state index >= 15 is 0 Å². The fourth-order valence-corrected chi connectivity index (χ4v) is 3.72. The van der Waals surface area contributed by atoms with Crippen LogP contribution in [0.1, 0.15) is 31.7 Å². The molecule has 2 rings (SSSR count). The SMILES string of the molecule is CC1(NS(=O)(=O)c2ccc(/C=C/C(=O)O)cc2F)CCC1. The number of nitrogens with one attached hydrogen (secondary N) is 1. The molecular formula is C14H16FNO4S. The Kier molecular flexibility index (Phi) is 4.15. The molecule has 1 aliphatic carbocycles. The number of carboxylic acid groups (broad SMARTS) is 1. The second-order valence-electron chi connectivity index (χ2n) is 5.38. The minimum atomic E-state index is -3.92. The number of benzene rings is 1. The van der Waals surface area contributed by atoms with E-state index in [0.717, 1.165) is 37.5 Å². The lowest BCUT2D eigenvalue weighted by Crippen LogP contribution is -2.50. The highest BCUT2D eigenvalue weighted by Gasteiger charge is 2.36. The van der Waals surface area contributed by atoms with Crippen molar-refractivity contribution in [2.24, 2.45) is 0 Å². The van der Waals surface area contributed by atoms with Crippen LogP contribution in [0.5, 0.6) is 0 Å². The summed E-state index contributed by atoms with van der Waals surface area (Å²) in [6, 6.07) is 3.50. The van der Waals surface area contributed by atoms with Crippen LogP contribution in [0.3, 0.4) is 0 Å². The van der Waals surface area contributed by atoms with Gasteiger partial charge in [0, 0.05) is 11.6 Å². The minimum Gasteiger partial charge on any atom is -0.478 e. The average Bonchev–Trinajstić information content (AvgIpc) is 2.33. The Morgan fingerprint density at radius 1 is 1.43 bits per heavy atom. The molecule has 7 heteroatoms. The molecule has 1 saturated carbocycles. The summed E-state index contributed by atoms with van der Waals surface area (Å²) in [7, 11) is -3.92. The third-order valence-electron chi connectivity index (χ3n) is 3.50. The Balaban J connectivity index is 2.26. The molecule has 0 radical (unpaired) electrons. The number of hydrogen-bond donors (Lipinski definition) is 2. The number of rotatable bonds is 5. The molecule has 0 amide bonds. The topological polar surface area (TPSA) is 83.5 Å². The van der Waals surface area contributed by atoms with Crippen molar-refractivity contribution in [1.29, 1.82) is 0 Å². The molecule has 1 aromatic rings. The highest BCUT2D eigenvalue weighted by Crippen LogP contribution is 2.33. The molecule has 2 N–H and O–H groups in total. The summed E-state index contributed by atoms with van der Waals surface area (Å²) < 4.78 is 40.8. The van der Waals surface area contributed by atoms with Crippen LogP contribution in [-0.2, 0) is 14.8 Å². The summed E-state index contributed by atoms with van der Waals surface area (Å²) in [5.41, 5.74) is -0.226. The predicted octanol–water partition coefficient (Wildman–Crippen LogP) is 2.14. The maximum Gasteiger partial charge on any atom is 0.328 e. The lowest BCUT2D eigenvalue weighted by atomic mass is 9.80. The molecular weight excluding hydrogens is 297 g/mol. The number of carbonyl (C=O) groups is 1. The van der Waals surface area contributed by atoms with Crippen LogP contribution in [0.15, 0.2) is 29.2 Å². The number of halogens is 1. The van der Waals surface area contributed by atoms with Gasteiger partial charge in [-0.2, -0.15) is 0 Å². The van der Waals surface area contributed by atoms with Crippen LogP contribution < -0.4 is 4.72 Å². The third kappa shape index (κ3) is 3.68. The highest BCUT2D eigenvalue weighted by atomic mass is 32.2. The van der Waals surface area contributed by atoms with Gasteiger partial charge in [-0.05, 0) is 50.0 Å². The van der Waals surface area contributed by atoms with Crippen LogP contribution in [0.2, 0.25) is 0 Å². The van der Waals surface area contributed by atoms with Gasteiger partial charge in [0.25, 0.3) is 0 Å². The van der Waals surface area contributed by atoms with Gasteiger partial charge in [-0.15, -0.1) is 0 Å². The van der Waals surface area contributed by atoms with E-state index in [9.17, 15) is 17.6 Å². The number of aliphatic carboxylic acids is 1. The van der Waals surface area contributed by atoms with Gasteiger partial charge in [0.15, 0.2) is 0 Å². The minimum absolute atomic E-state index is 0.281. The van der Waals surface area contributed by atoms with E-state index in [1.54, 1.807) is 6.92 Å². The molecule has 0 heterocycles. The van der Waals surface area contributed by atoms with Gasteiger partial charge >= 0.3 is 5.97 Å². The maximum absolute atomic E-state index is 14.0.